The Morgan fingerprint density at radius 2 is 1.86 bits per heavy atom. The van der Waals surface area contributed by atoms with Crippen molar-refractivity contribution in [2.24, 2.45) is 0 Å². The first-order valence-electron chi connectivity index (χ1n) is 8.09. The minimum absolute atomic E-state index is 0.185. The van der Waals surface area contributed by atoms with Gasteiger partial charge in [0.1, 0.15) is 5.60 Å². The number of carbonyl (C=O) groups excluding carboxylic acids is 1. The van der Waals surface area contributed by atoms with E-state index in [4.69, 9.17) is 9.16 Å². The standard InChI is InChI=1S/C17H30O4Si/c1-7-20-15(18)10-13-17(19)11-8-14(9-12-17)21-22(5,6)16(2,3)4/h14,19H,7-9,11-12H2,1-6H3. The second-order valence-corrected chi connectivity index (χ2v) is 12.3. The highest BCUT2D eigenvalue weighted by molar-refractivity contribution is 6.74. The maximum atomic E-state index is 11.3. The average Bonchev–Trinajstić information content (AvgIpc) is 2.39. The summed E-state index contributed by atoms with van der Waals surface area (Å²) in [5, 5.41) is 10.6. The summed E-state index contributed by atoms with van der Waals surface area (Å²) in [5.74, 6) is 4.50. The Morgan fingerprint density at radius 1 is 1.32 bits per heavy atom. The summed E-state index contributed by atoms with van der Waals surface area (Å²) in [5.41, 5.74) is -1.08. The molecular weight excluding hydrogens is 296 g/mol. The van der Waals surface area contributed by atoms with Gasteiger partial charge in [0.25, 0.3) is 0 Å². The molecule has 1 fully saturated rings. The number of rotatable bonds is 3. The molecule has 1 rings (SSSR count). The molecule has 22 heavy (non-hydrogen) atoms. The van der Waals surface area contributed by atoms with Crippen LogP contribution in [0.4, 0.5) is 0 Å². The molecule has 0 heterocycles. The minimum Gasteiger partial charge on any atom is -0.456 e. The van der Waals surface area contributed by atoms with Crippen molar-refractivity contribution in [3.05, 3.63) is 0 Å². The average molecular weight is 327 g/mol. The molecule has 4 nitrogen and oxygen atoms in total. The fourth-order valence-corrected chi connectivity index (χ4v) is 3.66. The van der Waals surface area contributed by atoms with Crippen molar-refractivity contribution in [3.63, 3.8) is 0 Å². The Kier molecular flexibility index (Phi) is 6.25. The Balaban J connectivity index is 2.58. The van der Waals surface area contributed by atoms with Crippen LogP contribution in [0.5, 0.6) is 0 Å². The first kappa shape index (κ1) is 19.2. The van der Waals surface area contributed by atoms with Gasteiger partial charge in [0.2, 0.25) is 0 Å². The molecule has 1 N–H and O–H groups in total. The molecule has 126 valence electrons. The summed E-state index contributed by atoms with van der Waals surface area (Å²) in [6.45, 7) is 13.2. The molecule has 0 aromatic rings. The third-order valence-corrected chi connectivity index (χ3v) is 9.23. The molecule has 0 radical (unpaired) electrons. The summed E-state index contributed by atoms with van der Waals surface area (Å²) >= 11 is 0. The first-order valence-corrected chi connectivity index (χ1v) is 11.0. The van der Waals surface area contributed by atoms with Crippen LogP contribution >= 0.6 is 0 Å². The van der Waals surface area contributed by atoms with E-state index in [0.29, 0.717) is 19.4 Å². The fourth-order valence-electron chi connectivity index (χ4n) is 2.24. The normalized spacial score (nSPS) is 26.0. The van der Waals surface area contributed by atoms with E-state index < -0.39 is 19.9 Å². The van der Waals surface area contributed by atoms with E-state index in [1.807, 2.05) is 0 Å². The smallest absolute Gasteiger partial charge is 0.384 e. The molecule has 0 unspecified atom stereocenters. The molecule has 0 saturated heterocycles. The van der Waals surface area contributed by atoms with Crippen LogP contribution < -0.4 is 0 Å². The molecule has 1 aliphatic rings. The van der Waals surface area contributed by atoms with Crippen LogP contribution in [0.1, 0.15) is 53.4 Å². The lowest BCUT2D eigenvalue weighted by molar-refractivity contribution is -0.136. The van der Waals surface area contributed by atoms with Crippen molar-refractivity contribution in [2.45, 2.75) is 83.2 Å². The predicted molar refractivity (Wildman–Crippen MR) is 89.9 cm³/mol. The molecular formula is C17H30O4Si. The van der Waals surface area contributed by atoms with Gasteiger partial charge in [-0.15, -0.1) is 0 Å². The molecule has 0 bridgehead atoms. The third-order valence-electron chi connectivity index (χ3n) is 4.70. The lowest BCUT2D eigenvalue weighted by Crippen LogP contribution is -2.46. The van der Waals surface area contributed by atoms with Crippen molar-refractivity contribution >= 4 is 14.3 Å². The second-order valence-electron chi connectivity index (χ2n) is 7.58. The molecule has 0 atom stereocenters. The summed E-state index contributed by atoms with van der Waals surface area (Å²) in [6.07, 6.45) is 2.82. The van der Waals surface area contributed by atoms with E-state index in [2.05, 4.69) is 45.7 Å². The van der Waals surface area contributed by atoms with E-state index in [1.165, 1.54) is 0 Å². The number of hydrogen-bond acceptors (Lipinski definition) is 4. The highest BCUT2D eigenvalue weighted by atomic mass is 28.4. The fraction of sp³-hybridized carbons (Fsp3) is 0.824. The maximum Gasteiger partial charge on any atom is 0.384 e. The van der Waals surface area contributed by atoms with Crippen LogP contribution in [0.2, 0.25) is 18.1 Å². The molecule has 1 saturated carbocycles. The van der Waals surface area contributed by atoms with Crippen molar-refractivity contribution in [1.82, 2.24) is 0 Å². The Bertz CT molecular complexity index is 446. The second kappa shape index (κ2) is 7.16. The lowest BCUT2D eigenvalue weighted by atomic mass is 9.84. The zero-order valence-electron chi connectivity index (χ0n) is 14.8. The summed E-state index contributed by atoms with van der Waals surface area (Å²) < 4.78 is 11.1. The molecule has 1 aliphatic carbocycles. The van der Waals surface area contributed by atoms with E-state index in [-0.39, 0.29) is 11.1 Å². The Hall–Kier alpha value is -0.833. The van der Waals surface area contributed by atoms with Gasteiger partial charge in [-0.2, -0.15) is 0 Å². The zero-order chi connectivity index (χ0) is 17.0. The van der Waals surface area contributed by atoms with Crippen molar-refractivity contribution < 1.29 is 19.1 Å². The summed E-state index contributed by atoms with van der Waals surface area (Å²) in [4.78, 5) is 11.3. The van der Waals surface area contributed by atoms with E-state index in [0.717, 1.165) is 12.8 Å². The maximum absolute atomic E-state index is 11.3. The zero-order valence-corrected chi connectivity index (χ0v) is 15.8. The van der Waals surface area contributed by atoms with Crippen LogP contribution in [0.15, 0.2) is 0 Å². The quantitative estimate of drug-likeness (QED) is 0.374. The minimum atomic E-state index is -1.78. The van der Waals surface area contributed by atoms with Crippen molar-refractivity contribution in [3.8, 4) is 11.8 Å². The largest absolute Gasteiger partial charge is 0.456 e. The van der Waals surface area contributed by atoms with Gasteiger partial charge in [-0.25, -0.2) is 4.79 Å². The first-order chi connectivity index (χ1) is 9.99. The number of ether oxygens (including phenoxy) is 1. The van der Waals surface area contributed by atoms with Gasteiger partial charge in [0, 0.05) is 12.0 Å². The van der Waals surface area contributed by atoms with Gasteiger partial charge >= 0.3 is 5.97 Å². The highest BCUT2D eigenvalue weighted by Crippen LogP contribution is 2.40. The summed E-state index contributed by atoms with van der Waals surface area (Å²) in [6, 6.07) is 0. The number of aliphatic hydroxyl groups is 1. The topological polar surface area (TPSA) is 55.8 Å². The Morgan fingerprint density at radius 3 is 2.32 bits per heavy atom. The van der Waals surface area contributed by atoms with Gasteiger partial charge in [0.15, 0.2) is 8.32 Å². The molecule has 0 aromatic heterocycles. The molecule has 0 aromatic carbocycles. The van der Waals surface area contributed by atoms with E-state index in [1.54, 1.807) is 6.92 Å². The highest BCUT2D eigenvalue weighted by Gasteiger charge is 2.41. The predicted octanol–water partition coefficient (Wildman–Crippen LogP) is 3.25. The van der Waals surface area contributed by atoms with E-state index in [9.17, 15) is 9.90 Å². The molecule has 0 aliphatic heterocycles. The van der Waals surface area contributed by atoms with Gasteiger partial charge in [0.05, 0.1) is 6.61 Å². The molecule has 0 spiro atoms. The van der Waals surface area contributed by atoms with Crippen LogP contribution in [0.3, 0.4) is 0 Å². The van der Waals surface area contributed by atoms with Gasteiger partial charge < -0.3 is 14.3 Å². The van der Waals surface area contributed by atoms with Crippen LogP contribution in [0, 0.1) is 11.8 Å². The van der Waals surface area contributed by atoms with Crippen LogP contribution in [0.25, 0.3) is 0 Å². The monoisotopic (exact) mass is 326 g/mol. The van der Waals surface area contributed by atoms with E-state index >= 15 is 0 Å². The lowest BCUT2D eigenvalue weighted by Gasteiger charge is -2.42. The molecule has 0 amide bonds. The van der Waals surface area contributed by atoms with Gasteiger partial charge in [-0.1, -0.05) is 26.7 Å². The summed E-state index contributed by atoms with van der Waals surface area (Å²) in [7, 11) is -1.78. The molecule has 5 heteroatoms. The van der Waals surface area contributed by atoms with Crippen LogP contribution in [-0.2, 0) is 14.0 Å². The van der Waals surface area contributed by atoms with Gasteiger partial charge in [-0.05, 0) is 50.7 Å². The van der Waals surface area contributed by atoms with Crippen molar-refractivity contribution in [2.75, 3.05) is 6.61 Å². The number of carbonyl (C=O) groups is 1. The number of esters is 1. The number of hydrogen-bond donors (Lipinski definition) is 1. The Labute approximate surface area is 135 Å². The van der Waals surface area contributed by atoms with Crippen LogP contribution in [-0.4, -0.2) is 37.7 Å². The van der Waals surface area contributed by atoms with Crippen molar-refractivity contribution in [1.29, 1.82) is 0 Å². The third kappa shape index (κ3) is 5.42. The SMILES string of the molecule is CCOC(=O)C#CC1(O)CCC(O[Si](C)(C)C(C)(C)C)CC1. The van der Waals surface area contributed by atoms with Gasteiger partial charge in [-0.3, -0.25) is 0 Å².